The van der Waals surface area contributed by atoms with Crippen molar-refractivity contribution in [3.8, 4) is 11.5 Å². The Kier molecular flexibility index (Phi) is 3.40. The van der Waals surface area contributed by atoms with Crippen LogP contribution in [-0.4, -0.2) is 24.4 Å². The van der Waals surface area contributed by atoms with Gasteiger partial charge in [0.1, 0.15) is 6.04 Å². The summed E-state index contributed by atoms with van der Waals surface area (Å²) in [6.45, 7) is 2.49. The minimum Gasteiger partial charge on any atom is -0.480 e. The molecule has 17 heavy (non-hydrogen) atoms. The Hall–Kier alpha value is -1.46. The predicted octanol–water partition coefficient (Wildman–Crippen LogP) is 1.80. The zero-order valence-electron chi connectivity index (χ0n) is 9.20. The molecule has 6 heteroatoms. The number of carboxylic acids is 1. The number of likely N-dealkylation sites (N-methyl/N-ethyl adjacent to an activating group) is 1. The maximum atomic E-state index is 11.1. The first-order valence-electron chi connectivity index (χ1n) is 5.18. The summed E-state index contributed by atoms with van der Waals surface area (Å²) in [5.74, 6) is -0.00510. The van der Waals surface area contributed by atoms with Gasteiger partial charge in [0, 0.05) is 0 Å². The third kappa shape index (κ3) is 2.30. The van der Waals surface area contributed by atoms with E-state index in [9.17, 15) is 4.79 Å². The fraction of sp³-hybridized carbons (Fsp3) is 0.364. The summed E-state index contributed by atoms with van der Waals surface area (Å²) < 4.78 is 10.4. The Morgan fingerprint density at radius 2 is 2.35 bits per heavy atom. The van der Waals surface area contributed by atoms with Crippen LogP contribution in [0.2, 0.25) is 5.02 Å². The molecule has 1 atom stereocenters. The van der Waals surface area contributed by atoms with Crippen molar-refractivity contribution in [2.24, 2.45) is 0 Å². The third-order valence-corrected chi connectivity index (χ3v) is 2.72. The standard InChI is InChI=1S/C11H12ClNO4/c1-2-13-9(11(14)15)6-3-7(12)10-8(4-6)16-5-17-10/h3-4,9,13H,2,5H2,1H3,(H,14,15). The Bertz CT molecular complexity index is 449. The van der Waals surface area contributed by atoms with Crippen molar-refractivity contribution in [2.75, 3.05) is 13.3 Å². The van der Waals surface area contributed by atoms with Crippen molar-refractivity contribution < 1.29 is 19.4 Å². The van der Waals surface area contributed by atoms with E-state index in [0.717, 1.165) is 0 Å². The van der Waals surface area contributed by atoms with E-state index in [1.54, 1.807) is 12.1 Å². The number of fused-ring (bicyclic) bond motifs is 1. The zero-order valence-corrected chi connectivity index (χ0v) is 9.95. The molecule has 2 N–H and O–H groups in total. The summed E-state index contributed by atoms with van der Waals surface area (Å²) >= 11 is 6.00. The van der Waals surface area contributed by atoms with Crippen LogP contribution in [0.1, 0.15) is 18.5 Å². The van der Waals surface area contributed by atoms with Crippen LogP contribution in [0.15, 0.2) is 12.1 Å². The predicted molar refractivity (Wildman–Crippen MR) is 61.6 cm³/mol. The molecule has 1 aromatic carbocycles. The molecule has 1 aromatic rings. The second kappa shape index (κ2) is 4.81. The Labute approximate surface area is 103 Å². The molecule has 0 aliphatic carbocycles. The van der Waals surface area contributed by atoms with Crippen LogP contribution in [0.25, 0.3) is 0 Å². The van der Waals surface area contributed by atoms with Crippen molar-refractivity contribution >= 4 is 17.6 Å². The van der Waals surface area contributed by atoms with E-state index >= 15 is 0 Å². The number of aliphatic carboxylic acids is 1. The Balaban J connectivity index is 2.38. The summed E-state index contributed by atoms with van der Waals surface area (Å²) in [6, 6.07) is 2.42. The molecule has 0 bridgehead atoms. The van der Waals surface area contributed by atoms with Crippen LogP contribution >= 0.6 is 11.6 Å². The van der Waals surface area contributed by atoms with Gasteiger partial charge in [-0.05, 0) is 24.2 Å². The van der Waals surface area contributed by atoms with Crippen molar-refractivity contribution in [3.63, 3.8) is 0 Å². The highest BCUT2D eigenvalue weighted by Crippen LogP contribution is 2.41. The van der Waals surface area contributed by atoms with Crippen molar-refractivity contribution in [1.82, 2.24) is 5.32 Å². The van der Waals surface area contributed by atoms with Crippen molar-refractivity contribution in [2.45, 2.75) is 13.0 Å². The first-order valence-corrected chi connectivity index (χ1v) is 5.56. The number of carbonyl (C=O) groups is 1. The Morgan fingerprint density at radius 3 is 3.00 bits per heavy atom. The van der Waals surface area contributed by atoms with Gasteiger partial charge in [0.05, 0.1) is 5.02 Å². The van der Waals surface area contributed by atoms with Gasteiger partial charge in [-0.3, -0.25) is 4.79 Å². The van der Waals surface area contributed by atoms with Gasteiger partial charge in [0.25, 0.3) is 0 Å². The molecular weight excluding hydrogens is 246 g/mol. The van der Waals surface area contributed by atoms with Crippen LogP contribution in [0, 0.1) is 0 Å². The molecule has 0 radical (unpaired) electrons. The summed E-state index contributed by atoms with van der Waals surface area (Å²) in [4.78, 5) is 11.1. The number of hydrogen-bond donors (Lipinski definition) is 2. The molecular formula is C11H12ClNO4. The number of benzene rings is 1. The lowest BCUT2D eigenvalue weighted by Crippen LogP contribution is -2.28. The van der Waals surface area contributed by atoms with Gasteiger partial charge in [0.15, 0.2) is 11.5 Å². The largest absolute Gasteiger partial charge is 0.480 e. The average Bonchev–Trinajstić information content (AvgIpc) is 2.73. The maximum absolute atomic E-state index is 11.1. The van der Waals surface area contributed by atoms with Gasteiger partial charge >= 0.3 is 5.97 Å². The van der Waals surface area contributed by atoms with E-state index in [1.807, 2.05) is 6.92 Å². The molecule has 0 fully saturated rings. The van der Waals surface area contributed by atoms with Gasteiger partial charge in [-0.2, -0.15) is 0 Å². The molecule has 92 valence electrons. The highest BCUT2D eigenvalue weighted by Gasteiger charge is 2.24. The molecule has 1 aliphatic rings. The molecule has 1 heterocycles. The number of nitrogens with one attached hydrogen (secondary N) is 1. The van der Waals surface area contributed by atoms with Gasteiger partial charge < -0.3 is 19.9 Å². The molecule has 5 nitrogen and oxygen atoms in total. The van der Waals surface area contributed by atoms with Gasteiger partial charge in [0.2, 0.25) is 6.79 Å². The highest BCUT2D eigenvalue weighted by atomic mass is 35.5. The summed E-state index contributed by atoms with van der Waals surface area (Å²) in [6.07, 6.45) is 0. The smallest absolute Gasteiger partial charge is 0.325 e. The molecule has 0 aromatic heterocycles. The van der Waals surface area contributed by atoms with E-state index in [-0.39, 0.29) is 6.79 Å². The summed E-state index contributed by atoms with van der Waals surface area (Å²) in [7, 11) is 0. The zero-order chi connectivity index (χ0) is 12.4. The molecule has 1 unspecified atom stereocenters. The monoisotopic (exact) mass is 257 g/mol. The summed E-state index contributed by atoms with van der Waals surface area (Å²) in [5.41, 5.74) is 0.550. The molecule has 0 saturated heterocycles. The van der Waals surface area contributed by atoms with Crippen LogP contribution in [0.3, 0.4) is 0 Å². The fourth-order valence-corrected chi connectivity index (χ4v) is 1.98. The van der Waals surface area contributed by atoms with E-state index in [0.29, 0.717) is 28.6 Å². The molecule has 0 spiro atoms. The number of carboxylic acid groups (broad SMARTS) is 1. The summed E-state index contributed by atoms with van der Waals surface area (Å²) in [5, 5.41) is 12.3. The minimum atomic E-state index is -0.957. The first-order chi connectivity index (χ1) is 8.13. The first kappa shape index (κ1) is 12.0. The van der Waals surface area contributed by atoms with Crippen LogP contribution in [0.5, 0.6) is 11.5 Å². The quantitative estimate of drug-likeness (QED) is 0.861. The number of rotatable bonds is 4. The maximum Gasteiger partial charge on any atom is 0.325 e. The lowest BCUT2D eigenvalue weighted by atomic mass is 10.1. The van der Waals surface area contributed by atoms with E-state index in [2.05, 4.69) is 5.32 Å². The van der Waals surface area contributed by atoms with Crippen LogP contribution < -0.4 is 14.8 Å². The number of halogens is 1. The van der Waals surface area contributed by atoms with E-state index in [1.165, 1.54) is 0 Å². The van der Waals surface area contributed by atoms with Gasteiger partial charge in [-0.15, -0.1) is 0 Å². The van der Waals surface area contributed by atoms with Crippen LogP contribution in [0.4, 0.5) is 0 Å². The second-order valence-electron chi connectivity index (χ2n) is 3.57. The normalized spacial score (nSPS) is 14.7. The van der Waals surface area contributed by atoms with Gasteiger partial charge in [-0.1, -0.05) is 18.5 Å². The van der Waals surface area contributed by atoms with Gasteiger partial charge in [-0.25, -0.2) is 0 Å². The van der Waals surface area contributed by atoms with Crippen LogP contribution in [-0.2, 0) is 4.79 Å². The molecule has 0 saturated carbocycles. The lowest BCUT2D eigenvalue weighted by Gasteiger charge is -2.14. The second-order valence-corrected chi connectivity index (χ2v) is 3.97. The molecule has 1 aliphatic heterocycles. The topological polar surface area (TPSA) is 67.8 Å². The van der Waals surface area contributed by atoms with E-state index < -0.39 is 12.0 Å². The average molecular weight is 258 g/mol. The Morgan fingerprint density at radius 1 is 1.59 bits per heavy atom. The minimum absolute atomic E-state index is 0.109. The number of hydrogen-bond acceptors (Lipinski definition) is 4. The highest BCUT2D eigenvalue weighted by molar-refractivity contribution is 6.32. The molecule has 0 amide bonds. The third-order valence-electron chi connectivity index (χ3n) is 2.44. The number of ether oxygens (including phenoxy) is 2. The SMILES string of the molecule is CCNC(C(=O)O)c1cc(Cl)c2c(c1)OCO2. The van der Waals surface area contributed by atoms with Crippen molar-refractivity contribution in [3.05, 3.63) is 22.7 Å². The van der Waals surface area contributed by atoms with Crippen molar-refractivity contribution in [1.29, 1.82) is 0 Å². The molecule has 2 rings (SSSR count). The fourth-order valence-electron chi connectivity index (χ4n) is 1.71. The van der Waals surface area contributed by atoms with E-state index in [4.69, 9.17) is 26.2 Å². The lowest BCUT2D eigenvalue weighted by molar-refractivity contribution is -0.139.